The minimum absolute atomic E-state index is 0.0492. The quantitative estimate of drug-likeness (QED) is 0.268. The molecule has 2 aliphatic rings. The molecule has 1 aliphatic carbocycles. The molecule has 2 heterocycles. The molecule has 0 spiro atoms. The lowest BCUT2D eigenvalue weighted by Crippen LogP contribution is -2.35. The Hall–Kier alpha value is -2.88. The van der Waals surface area contributed by atoms with Crippen molar-refractivity contribution >= 4 is 46.1 Å². The Morgan fingerprint density at radius 3 is 2.58 bits per heavy atom. The average Bonchev–Trinajstić information content (AvgIpc) is 3.50. The lowest BCUT2D eigenvalue weighted by Gasteiger charge is -2.28. The molecule has 212 valence electrons. The summed E-state index contributed by atoms with van der Waals surface area (Å²) in [6.45, 7) is 2.19. The van der Waals surface area contributed by atoms with E-state index in [2.05, 4.69) is 10.6 Å². The van der Waals surface area contributed by atoms with Gasteiger partial charge in [-0.1, -0.05) is 53.7 Å². The van der Waals surface area contributed by atoms with Gasteiger partial charge in [0.25, 0.3) is 5.56 Å². The zero-order chi connectivity index (χ0) is 27.9. The van der Waals surface area contributed by atoms with Crippen LogP contribution in [0.15, 0.2) is 58.5 Å². The lowest BCUT2D eigenvalue weighted by molar-refractivity contribution is -0.126. The van der Waals surface area contributed by atoms with Crippen LogP contribution in [0.3, 0.4) is 0 Å². The summed E-state index contributed by atoms with van der Waals surface area (Å²) in [6, 6.07) is 14.8. The van der Waals surface area contributed by atoms with Crippen LogP contribution < -0.4 is 16.2 Å². The van der Waals surface area contributed by atoms with Gasteiger partial charge in [-0.25, -0.2) is 4.98 Å². The first-order valence-electron chi connectivity index (χ1n) is 14.0. The molecule has 2 fully saturated rings. The Labute approximate surface area is 243 Å². The molecule has 1 aliphatic heterocycles. The number of hydrogen-bond donors (Lipinski definition) is 2. The van der Waals surface area contributed by atoms with Gasteiger partial charge >= 0.3 is 0 Å². The van der Waals surface area contributed by atoms with E-state index in [4.69, 9.17) is 21.3 Å². The first-order chi connectivity index (χ1) is 19.5. The second kappa shape index (κ2) is 13.7. The maximum absolute atomic E-state index is 13.5. The minimum atomic E-state index is -0.0993. The normalized spacial score (nSPS) is 20.9. The fourth-order valence-electron chi connectivity index (χ4n) is 5.47. The number of amides is 2. The predicted octanol–water partition coefficient (Wildman–Crippen LogP) is 4.56. The van der Waals surface area contributed by atoms with Gasteiger partial charge in [-0.05, 0) is 68.2 Å². The van der Waals surface area contributed by atoms with Crippen LogP contribution in [-0.2, 0) is 27.4 Å². The number of ether oxygens (including phenoxy) is 1. The van der Waals surface area contributed by atoms with Crippen molar-refractivity contribution in [2.45, 2.75) is 62.9 Å². The highest BCUT2D eigenvalue weighted by molar-refractivity contribution is 7.99. The summed E-state index contributed by atoms with van der Waals surface area (Å²) in [5, 5.41) is 7.74. The molecule has 2 N–H and O–H groups in total. The molecular formula is C30H35ClN4O4S. The van der Waals surface area contributed by atoms with E-state index in [0.29, 0.717) is 40.7 Å². The molecule has 1 aromatic heterocycles. The van der Waals surface area contributed by atoms with Crippen molar-refractivity contribution in [3.05, 3.63) is 69.5 Å². The Kier molecular flexibility index (Phi) is 9.78. The number of nitrogens with one attached hydrogen (secondary N) is 2. The number of hydrogen-bond acceptors (Lipinski definition) is 6. The molecule has 10 heteroatoms. The molecular weight excluding hydrogens is 548 g/mol. The molecule has 0 radical (unpaired) electrons. The molecule has 0 unspecified atom stereocenters. The molecule has 3 aromatic rings. The van der Waals surface area contributed by atoms with Crippen molar-refractivity contribution in [2.24, 2.45) is 11.8 Å². The third-order valence-electron chi connectivity index (χ3n) is 7.78. The van der Waals surface area contributed by atoms with E-state index in [1.54, 1.807) is 10.6 Å². The van der Waals surface area contributed by atoms with Crippen molar-refractivity contribution in [3.63, 3.8) is 0 Å². The van der Waals surface area contributed by atoms with Gasteiger partial charge in [0.2, 0.25) is 11.8 Å². The van der Waals surface area contributed by atoms with E-state index in [9.17, 15) is 14.4 Å². The number of carbonyl (C=O) groups is 2. The SMILES string of the molecule is O=C(CSc1nc2ccccc2c(=O)n1CC1CCC(C(=O)NCc2ccccc2Cl)CC1)NC[C@H]1CCCO1. The molecule has 2 amide bonds. The number of fused-ring (bicyclic) bond motifs is 1. The first kappa shape index (κ1) is 28.6. The summed E-state index contributed by atoms with van der Waals surface area (Å²) in [6.07, 6.45) is 5.29. The standard InChI is InChI=1S/C30H35ClN4O4S/c31-25-9-3-1-6-22(25)16-33-28(37)21-13-11-20(12-14-21)18-35-29(38)24-8-2-4-10-26(24)34-30(35)40-19-27(36)32-17-23-7-5-15-39-23/h1-4,6,8-10,20-21,23H,5,7,11-19H2,(H,32,36)(H,33,37)/t20?,21?,23-/m1/s1. The van der Waals surface area contributed by atoms with Gasteiger partial charge in [-0.3, -0.25) is 19.0 Å². The number of carbonyl (C=O) groups excluding carboxylic acids is 2. The van der Waals surface area contributed by atoms with Crippen molar-refractivity contribution in [1.82, 2.24) is 20.2 Å². The number of para-hydroxylation sites is 1. The number of halogens is 1. The van der Waals surface area contributed by atoms with Crippen LogP contribution in [0.4, 0.5) is 0 Å². The number of benzene rings is 2. The fourth-order valence-corrected chi connectivity index (χ4v) is 6.51. The van der Waals surface area contributed by atoms with Gasteiger partial charge in [0.1, 0.15) is 0 Å². The fraction of sp³-hybridized carbons (Fsp3) is 0.467. The maximum atomic E-state index is 13.5. The van der Waals surface area contributed by atoms with Gasteiger partial charge in [-0.2, -0.15) is 0 Å². The third kappa shape index (κ3) is 7.25. The van der Waals surface area contributed by atoms with E-state index in [0.717, 1.165) is 50.7 Å². The van der Waals surface area contributed by atoms with Crippen LogP contribution >= 0.6 is 23.4 Å². The minimum Gasteiger partial charge on any atom is -0.376 e. The van der Waals surface area contributed by atoms with Crippen molar-refractivity contribution in [1.29, 1.82) is 0 Å². The number of aromatic nitrogens is 2. The van der Waals surface area contributed by atoms with Crippen LogP contribution in [0.1, 0.15) is 44.1 Å². The zero-order valence-electron chi connectivity index (χ0n) is 22.4. The van der Waals surface area contributed by atoms with Crippen LogP contribution in [0.5, 0.6) is 0 Å². The molecule has 2 aromatic carbocycles. The highest BCUT2D eigenvalue weighted by atomic mass is 35.5. The highest BCUT2D eigenvalue weighted by Gasteiger charge is 2.28. The summed E-state index contributed by atoms with van der Waals surface area (Å²) in [4.78, 5) is 43.6. The highest BCUT2D eigenvalue weighted by Crippen LogP contribution is 2.31. The Morgan fingerprint density at radius 2 is 1.80 bits per heavy atom. The number of rotatable bonds is 10. The van der Waals surface area contributed by atoms with Crippen molar-refractivity contribution in [3.8, 4) is 0 Å². The Bertz CT molecular complexity index is 1400. The molecule has 40 heavy (non-hydrogen) atoms. The predicted molar refractivity (Wildman–Crippen MR) is 157 cm³/mol. The summed E-state index contributed by atoms with van der Waals surface area (Å²) < 4.78 is 7.31. The third-order valence-corrected chi connectivity index (χ3v) is 9.12. The second-order valence-corrected chi connectivity index (χ2v) is 11.9. The number of thioether (sulfide) groups is 1. The lowest BCUT2D eigenvalue weighted by atomic mass is 9.81. The number of nitrogens with zero attached hydrogens (tertiary/aromatic N) is 2. The van der Waals surface area contributed by atoms with Gasteiger partial charge in [0, 0.05) is 37.2 Å². The van der Waals surface area contributed by atoms with E-state index >= 15 is 0 Å². The van der Waals surface area contributed by atoms with Gasteiger partial charge in [0.15, 0.2) is 5.16 Å². The molecule has 1 saturated heterocycles. The van der Waals surface area contributed by atoms with Crippen LogP contribution in [0, 0.1) is 11.8 Å². The van der Waals surface area contributed by atoms with E-state index in [1.165, 1.54) is 11.8 Å². The second-order valence-electron chi connectivity index (χ2n) is 10.6. The summed E-state index contributed by atoms with van der Waals surface area (Å²) in [5.74, 6) is 0.328. The molecule has 0 bridgehead atoms. The average molecular weight is 583 g/mol. The summed E-state index contributed by atoms with van der Waals surface area (Å²) in [5.41, 5.74) is 1.44. The van der Waals surface area contributed by atoms with E-state index in [-0.39, 0.29) is 41.1 Å². The topological polar surface area (TPSA) is 102 Å². The van der Waals surface area contributed by atoms with Crippen molar-refractivity contribution < 1.29 is 14.3 Å². The summed E-state index contributed by atoms with van der Waals surface area (Å²) >= 11 is 7.51. The van der Waals surface area contributed by atoms with Gasteiger partial charge in [-0.15, -0.1) is 0 Å². The smallest absolute Gasteiger partial charge is 0.262 e. The van der Waals surface area contributed by atoms with Gasteiger partial charge < -0.3 is 15.4 Å². The van der Waals surface area contributed by atoms with E-state index in [1.807, 2.05) is 42.5 Å². The van der Waals surface area contributed by atoms with E-state index < -0.39 is 0 Å². The molecule has 5 rings (SSSR count). The van der Waals surface area contributed by atoms with Crippen LogP contribution in [0.2, 0.25) is 5.02 Å². The first-order valence-corrected chi connectivity index (χ1v) is 15.4. The molecule has 8 nitrogen and oxygen atoms in total. The Balaban J connectivity index is 1.20. The summed E-state index contributed by atoms with van der Waals surface area (Å²) in [7, 11) is 0. The van der Waals surface area contributed by atoms with Gasteiger partial charge in [0.05, 0.1) is 22.8 Å². The maximum Gasteiger partial charge on any atom is 0.262 e. The molecule has 1 saturated carbocycles. The largest absolute Gasteiger partial charge is 0.376 e. The zero-order valence-corrected chi connectivity index (χ0v) is 24.0. The van der Waals surface area contributed by atoms with Crippen LogP contribution in [0.25, 0.3) is 10.9 Å². The molecule has 1 atom stereocenters. The Morgan fingerprint density at radius 1 is 1.02 bits per heavy atom. The monoisotopic (exact) mass is 582 g/mol. The van der Waals surface area contributed by atoms with Crippen molar-refractivity contribution in [2.75, 3.05) is 18.9 Å². The van der Waals surface area contributed by atoms with Crippen LogP contribution in [-0.4, -0.2) is 46.4 Å².